The van der Waals surface area contributed by atoms with E-state index in [9.17, 15) is 19.5 Å². The van der Waals surface area contributed by atoms with Crippen molar-refractivity contribution in [1.29, 1.82) is 0 Å². The SMILES string of the molecule is Cc1c(F)c(N2CC(C(=O)CCC3CCCCO3)C2)nc2c1c(=O)c(C(=O)O)cn2-c1nccs1. The number of hydrogen-bond acceptors (Lipinski definition) is 8. The van der Waals surface area contributed by atoms with Gasteiger partial charge in [-0.25, -0.2) is 19.2 Å². The third-order valence-corrected chi connectivity index (χ3v) is 7.54. The smallest absolute Gasteiger partial charge is 0.341 e. The van der Waals surface area contributed by atoms with Gasteiger partial charge in [0, 0.05) is 49.5 Å². The van der Waals surface area contributed by atoms with Gasteiger partial charge in [0.25, 0.3) is 0 Å². The Balaban J connectivity index is 1.43. The number of ketones is 1. The molecular formula is C24H25FN4O5S. The van der Waals surface area contributed by atoms with Gasteiger partial charge in [-0.05, 0) is 32.6 Å². The van der Waals surface area contributed by atoms with E-state index in [1.54, 1.807) is 16.5 Å². The normalized spacial score (nSPS) is 18.6. The second-order valence-electron chi connectivity index (χ2n) is 9.03. The summed E-state index contributed by atoms with van der Waals surface area (Å²) in [5.41, 5.74) is -1.13. The van der Waals surface area contributed by atoms with E-state index in [0.717, 1.165) is 25.9 Å². The summed E-state index contributed by atoms with van der Waals surface area (Å²) in [4.78, 5) is 47.6. The van der Waals surface area contributed by atoms with E-state index in [0.29, 0.717) is 31.1 Å². The predicted octanol–water partition coefficient (Wildman–Crippen LogP) is 3.34. The molecule has 2 aliphatic rings. The number of halogens is 1. The molecule has 0 bridgehead atoms. The molecule has 1 unspecified atom stereocenters. The van der Waals surface area contributed by atoms with E-state index < -0.39 is 22.8 Å². The first-order valence-corrected chi connectivity index (χ1v) is 12.5. The molecule has 184 valence electrons. The number of aryl methyl sites for hydroxylation is 1. The van der Waals surface area contributed by atoms with Crippen LogP contribution in [0.15, 0.2) is 22.6 Å². The Morgan fingerprint density at radius 1 is 1.31 bits per heavy atom. The van der Waals surface area contributed by atoms with Crippen molar-refractivity contribution in [3.63, 3.8) is 0 Å². The van der Waals surface area contributed by atoms with E-state index >= 15 is 4.39 Å². The summed E-state index contributed by atoms with van der Waals surface area (Å²) in [6.07, 6.45) is 7.20. The molecule has 11 heteroatoms. The lowest BCUT2D eigenvalue weighted by Gasteiger charge is -2.39. The summed E-state index contributed by atoms with van der Waals surface area (Å²) < 4.78 is 22.5. The van der Waals surface area contributed by atoms with Crippen molar-refractivity contribution in [3.05, 3.63) is 44.9 Å². The molecule has 3 aromatic rings. The Morgan fingerprint density at radius 3 is 2.77 bits per heavy atom. The minimum absolute atomic E-state index is 0.0210. The van der Waals surface area contributed by atoms with Crippen molar-refractivity contribution >= 4 is 39.9 Å². The van der Waals surface area contributed by atoms with Crippen molar-refractivity contribution in [2.45, 2.75) is 45.1 Å². The van der Waals surface area contributed by atoms with Gasteiger partial charge in [-0.2, -0.15) is 0 Å². The Labute approximate surface area is 204 Å². The van der Waals surface area contributed by atoms with Crippen molar-refractivity contribution < 1.29 is 23.8 Å². The second kappa shape index (κ2) is 9.46. The number of aromatic nitrogens is 3. The lowest BCUT2D eigenvalue weighted by molar-refractivity contribution is -0.124. The highest BCUT2D eigenvalue weighted by molar-refractivity contribution is 7.12. The fraction of sp³-hybridized carbons (Fsp3) is 0.458. The average molecular weight is 501 g/mol. The van der Waals surface area contributed by atoms with Crippen molar-refractivity contribution in [1.82, 2.24) is 14.5 Å². The summed E-state index contributed by atoms with van der Waals surface area (Å²) in [6.45, 7) is 2.87. The van der Waals surface area contributed by atoms with E-state index in [4.69, 9.17) is 4.74 Å². The highest BCUT2D eigenvalue weighted by Gasteiger charge is 2.36. The van der Waals surface area contributed by atoms with Crippen LogP contribution in [0.2, 0.25) is 0 Å². The molecule has 2 saturated heterocycles. The molecule has 9 nitrogen and oxygen atoms in total. The highest BCUT2D eigenvalue weighted by Crippen LogP contribution is 2.32. The quantitative estimate of drug-likeness (QED) is 0.525. The molecule has 0 saturated carbocycles. The number of thiazole rings is 1. The maximum absolute atomic E-state index is 15.4. The van der Waals surface area contributed by atoms with Gasteiger partial charge >= 0.3 is 5.97 Å². The van der Waals surface area contributed by atoms with Crippen LogP contribution in [-0.2, 0) is 9.53 Å². The average Bonchev–Trinajstić information content (AvgIpc) is 3.35. The molecule has 2 aliphatic heterocycles. The van der Waals surface area contributed by atoms with Gasteiger partial charge in [-0.3, -0.25) is 14.2 Å². The number of carbonyl (C=O) groups excluding carboxylic acids is 1. The van der Waals surface area contributed by atoms with Crippen molar-refractivity contribution in [2.24, 2.45) is 5.92 Å². The number of Topliss-reactive ketones (excluding diaryl/α,β-unsaturated/α-hetero) is 1. The fourth-order valence-electron chi connectivity index (χ4n) is 4.72. The first kappa shape index (κ1) is 23.6. The minimum Gasteiger partial charge on any atom is -0.477 e. The number of carboxylic acid groups (broad SMARTS) is 1. The Bertz CT molecular complexity index is 1340. The number of fused-ring (bicyclic) bond motifs is 1. The summed E-state index contributed by atoms with van der Waals surface area (Å²) in [7, 11) is 0. The molecule has 2 fully saturated rings. The zero-order chi connectivity index (χ0) is 24.7. The number of nitrogens with zero attached hydrogens (tertiary/aromatic N) is 4. The summed E-state index contributed by atoms with van der Waals surface area (Å²) in [5.74, 6) is -2.12. The van der Waals surface area contributed by atoms with Crippen LogP contribution in [-0.4, -0.2) is 57.2 Å². The van der Waals surface area contributed by atoms with Gasteiger partial charge < -0.3 is 14.7 Å². The molecule has 1 atom stereocenters. The molecule has 0 aromatic carbocycles. The molecule has 5 rings (SSSR count). The third kappa shape index (κ3) is 4.34. The Hall–Kier alpha value is -3.18. The van der Waals surface area contributed by atoms with Crippen molar-refractivity contribution in [3.8, 4) is 5.13 Å². The van der Waals surface area contributed by atoms with Gasteiger partial charge in [0.1, 0.15) is 11.3 Å². The molecule has 5 heterocycles. The van der Waals surface area contributed by atoms with Crippen molar-refractivity contribution in [2.75, 3.05) is 24.6 Å². The number of aromatic carboxylic acids is 1. The summed E-state index contributed by atoms with van der Waals surface area (Å²) >= 11 is 1.24. The highest BCUT2D eigenvalue weighted by atomic mass is 32.1. The molecule has 0 spiro atoms. The molecular weight excluding hydrogens is 475 g/mol. The lowest BCUT2D eigenvalue weighted by Crippen LogP contribution is -2.51. The van der Waals surface area contributed by atoms with Crippen LogP contribution in [0, 0.1) is 18.7 Å². The number of ether oxygens (including phenoxy) is 1. The number of carbonyl (C=O) groups is 2. The van der Waals surface area contributed by atoms with E-state index in [2.05, 4.69) is 9.97 Å². The third-order valence-electron chi connectivity index (χ3n) is 6.77. The maximum atomic E-state index is 15.4. The number of carboxylic acids is 1. The van der Waals surface area contributed by atoms with Gasteiger partial charge in [0.05, 0.1) is 17.4 Å². The number of rotatable bonds is 7. The minimum atomic E-state index is -1.41. The predicted molar refractivity (Wildman–Crippen MR) is 128 cm³/mol. The summed E-state index contributed by atoms with van der Waals surface area (Å²) in [5, 5.41) is 11.5. The molecule has 35 heavy (non-hydrogen) atoms. The zero-order valence-electron chi connectivity index (χ0n) is 19.2. The molecule has 1 N–H and O–H groups in total. The Morgan fingerprint density at radius 2 is 2.11 bits per heavy atom. The van der Waals surface area contributed by atoms with Crippen LogP contribution in [0.3, 0.4) is 0 Å². The summed E-state index contributed by atoms with van der Waals surface area (Å²) in [6, 6.07) is 0. The van der Waals surface area contributed by atoms with Gasteiger partial charge in [0.2, 0.25) is 5.43 Å². The van der Waals surface area contributed by atoms with Crippen LogP contribution >= 0.6 is 11.3 Å². The largest absolute Gasteiger partial charge is 0.477 e. The number of pyridine rings is 2. The van der Waals surface area contributed by atoms with Crippen LogP contribution in [0.5, 0.6) is 0 Å². The fourth-order valence-corrected chi connectivity index (χ4v) is 5.34. The van der Waals surface area contributed by atoms with E-state index in [-0.39, 0.29) is 40.2 Å². The number of anilines is 1. The monoisotopic (exact) mass is 500 g/mol. The van der Waals surface area contributed by atoms with Gasteiger partial charge in [0.15, 0.2) is 22.4 Å². The molecule has 3 aromatic heterocycles. The number of hydrogen-bond donors (Lipinski definition) is 1. The molecule has 0 amide bonds. The first-order valence-electron chi connectivity index (χ1n) is 11.6. The lowest BCUT2D eigenvalue weighted by atomic mass is 9.90. The van der Waals surface area contributed by atoms with E-state index in [1.165, 1.54) is 29.0 Å². The van der Waals surface area contributed by atoms with Crippen LogP contribution in [0.4, 0.5) is 10.2 Å². The molecule has 0 radical (unpaired) electrons. The Kier molecular flexibility index (Phi) is 6.37. The van der Waals surface area contributed by atoms with Crippen LogP contribution in [0.25, 0.3) is 16.2 Å². The standard InChI is InChI=1S/C24H25FN4O5S/c1-13-18-20(31)16(23(32)33)12-29(24-26-7-9-35-24)21(18)27-22(19(13)25)28-10-14(11-28)17(30)6-5-15-4-2-3-8-34-15/h7,9,12,14-15H,2-6,8,10-11H2,1H3,(H,32,33). The van der Waals surface area contributed by atoms with Gasteiger partial charge in [-0.15, -0.1) is 11.3 Å². The van der Waals surface area contributed by atoms with Gasteiger partial charge in [-0.1, -0.05) is 0 Å². The first-order chi connectivity index (χ1) is 16.8. The topological polar surface area (TPSA) is 115 Å². The maximum Gasteiger partial charge on any atom is 0.341 e. The van der Waals surface area contributed by atoms with Crippen LogP contribution < -0.4 is 10.3 Å². The molecule has 0 aliphatic carbocycles. The van der Waals surface area contributed by atoms with Crippen LogP contribution in [0.1, 0.15) is 48.0 Å². The second-order valence-corrected chi connectivity index (χ2v) is 9.90. The van der Waals surface area contributed by atoms with E-state index in [1.807, 2.05) is 0 Å². The zero-order valence-corrected chi connectivity index (χ0v) is 20.0.